The summed E-state index contributed by atoms with van der Waals surface area (Å²) >= 11 is 0. The second kappa shape index (κ2) is 6.76. The minimum absolute atomic E-state index is 0.110. The van der Waals surface area contributed by atoms with Gasteiger partial charge in [-0.15, -0.1) is 0 Å². The lowest BCUT2D eigenvalue weighted by Crippen LogP contribution is -2.01. The molecule has 0 aliphatic rings. The van der Waals surface area contributed by atoms with E-state index in [-0.39, 0.29) is 17.2 Å². The molecule has 0 fully saturated rings. The van der Waals surface area contributed by atoms with Gasteiger partial charge in [0, 0.05) is 11.6 Å². The van der Waals surface area contributed by atoms with Crippen LogP contribution in [0.1, 0.15) is 21.6 Å². The summed E-state index contributed by atoms with van der Waals surface area (Å²) in [6.45, 7) is 1.70. The van der Waals surface area contributed by atoms with Crippen LogP contribution in [0.2, 0.25) is 0 Å². The molecule has 0 N–H and O–H groups in total. The van der Waals surface area contributed by atoms with Gasteiger partial charge in [-0.25, -0.2) is 17.9 Å². The van der Waals surface area contributed by atoms with Crippen LogP contribution in [0.3, 0.4) is 0 Å². The van der Waals surface area contributed by atoms with Crippen LogP contribution in [0.15, 0.2) is 54.7 Å². The van der Waals surface area contributed by atoms with E-state index in [1.54, 1.807) is 19.1 Å². The summed E-state index contributed by atoms with van der Waals surface area (Å²) in [7, 11) is 0. The molecule has 0 saturated heterocycles. The van der Waals surface area contributed by atoms with Gasteiger partial charge in [0.25, 0.3) is 0 Å². The Morgan fingerprint density at radius 3 is 2.40 bits per heavy atom. The van der Waals surface area contributed by atoms with E-state index in [1.807, 2.05) is 0 Å². The van der Waals surface area contributed by atoms with Crippen LogP contribution in [0.25, 0.3) is 11.8 Å². The maximum absolute atomic E-state index is 13.6. The fraction of sp³-hybridized carbons (Fsp3) is 0.0526. The second-order valence-electron chi connectivity index (χ2n) is 5.40. The zero-order chi connectivity index (χ0) is 18.0. The zero-order valence-electron chi connectivity index (χ0n) is 13.2. The van der Waals surface area contributed by atoms with E-state index in [1.165, 1.54) is 41.2 Å². The van der Waals surface area contributed by atoms with Gasteiger partial charge in [0.15, 0.2) is 5.78 Å². The minimum Gasteiger partial charge on any atom is -0.289 e. The van der Waals surface area contributed by atoms with Gasteiger partial charge < -0.3 is 0 Å². The summed E-state index contributed by atoms with van der Waals surface area (Å²) < 4.78 is 41.0. The van der Waals surface area contributed by atoms with E-state index in [0.29, 0.717) is 16.9 Å². The largest absolute Gasteiger partial charge is 0.289 e. The van der Waals surface area contributed by atoms with Crippen molar-refractivity contribution in [3.8, 4) is 5.69 Å². The highest BCUT2D eigenvalue weighted by atomic mass is 19.1. The normalized spacial score (nSPS) is 11.2. The number of aromatic nitrogens is 2. The second-order valence-corrected chi connectivity index (χ2v) is 5.40. The first-order valence-corrected chi connectivity index (χ1v) is 7.44. The van der Waals surface area contributed by atoms with E-state index in [0.717, 1.165) is 12.1 Å². The predicted molar refractivity (Wildman–Crippen MR) is 88.0 cm³/mol. The Morgan fingerprint density at radius 2 is 1.72 bits per heavy atom. The smallest absolute Gasteiger partial charge is 0.189 e. The van der Waals surface area contributed by atoms with Crippen molar-refractivity contribution in [2.45, 2.75) is 6.92 Å². The molecular weight excluding hydrogens is 329 g/mol. The highest BCUT2D eigenvalue weighted by molar-refractivity contribution is 6.07. The molecule has 126 valence electrons. The Balaban J connectivity index is 1.86. The van der Waals surface area contributed by atoms with E-state index in [4.69, 9.17) is 0 Å². The fourth-order valence-corrected chi connectivity index (χ4v) is 2.39. The Morgan fingerprint density at radius 1 is 1.04 bits per heavy atom. The van der Waals surface area contributed by atoms with Gasteiger partial charge in [-0.05, 0) is 55.5 Å². The van der Waals surface area contributed by atoms with Crippen molar-refractivity contribution in [2.75, 3.05) is 0 Å². The number of hydrogen-bond acceptors (Lipinski definition) is 2. The minimum atomic E-state index is -0.747. The topological polar surface area (TPSA) is 34.9 Å². The number of nitrogens with zero attached hydrogens (tertiary/aromatic N) is 2. The maximum Gasteiger partial charge on any atom is 0.189 e. The molecule has 0 spiro atoms. The monoisotopic (exact) mass is 342 g/mol. The molecule has 0 amide bonds. The molecule has 0 aliphatic heterocycles. The molecule has 3 nitrogen and oxygen atoms in total. The molecule has 0 bridgehead atoms. The van der Waals surface area contributed by atoms with Crippen LogP contribution < -0.4 is 0 Å². The predicted octanol–water partition coefficient (Wildman–Crippen LogP) is 4.49. The molecule has 0 atom stereocenters. The summed E-state index contributed by atoms with van der Waals surface area (Å²) in [5.41, 5.74) is 1.63. The maximum atomic E-state index is 13.6. The van der Waals surface area contributed by atoms with Crippen molar-refractivity contribution in [3.63, 3.8) is 0 Å². The number of allylic oxidation sites excluding steroid dienone is 1. The number of halogens is 3. The first kappa shape index (κ1) is 16.7. The Labute approximate surface area is 142 Å². The first-order chi connectivity index (χ1) is 12.0. The molecule has 3 rings (SSSR count). The molecule has 1 heterocycles. The SMILES string of the molecule is Cc1c(C(=O)/C=C/c2ccc(F)cc2F)cnn1-c1ccc(F)cc1. The Kier molecular flexibility index (Phi) is 4.52. The average Bonchev–Trinajstić information content (AvgIpc) is 2.96. The number of rotatable bonds is 4. The van der Waals surface area contributed by atoms with Crippen LogP contribution in [-0.4, -0.2) is 15.6 Å². The number of carbonyl (C=O) groups excluding carboxylic acids is 1. The van der Waals surface area contributed by atoms with Gasteiger partial charge in [0.2, 0.25) is 0 Å². The highest BCUT2D eigenvalue weighted by Crippen LogP contribution is 2.17. The lowest BCUT2D eigenvalue weighted by Gasteiger charge is -2.04. The number of hydrogen-bond donors (Lipinski definition) is 0. The van der Waals surface area contributed by atoms with Crippen LogP contribution in [0.4, 0.5) is 13.2 Å². The van der Waals surface area contributed by atoms with Crippen LogP contribution in [0.5, 0.6) is 0 Å². The summed E-state index contributed by atoms with van der Waals surface area (Å²) in [4.78, 5) is 12.3. The van der Waals surface area contributed by atoms with Crippen molar-refractivity contribution < 1.29 is 18.0 Å². The van der Waals surface area contributed by atoms with E-state index < -0.39 is 11.6 Å². The van der Waals surface area contributed by atoms with Crippen molar-refractivity contribution in [3.05, 3.63) is 89.0 Å². The van der Waals surface area contributed by atoms with Crippen molar-refractivity contribution >= 4 is 11.9 Å². The lowest BCUT2D eigenvalue weighted by atomic mass is 10.1. The number of carbonyl (C=O) groups is 1. The molecule has 2 aromatic carbocycles. The van der Waals surface area contributed by atoms with Crippen molar-refractivity contribution in [1.29, 1.82) is 0 Å². The molecule has 25 heavy (non-hydrogen) atoms. The fourth-order valence-electron chi connectivity index (χ4n) is 2.39. The lowest BCUT2D eigenvalue weighted by molar-refractivity contribution is 0.104. The first-order valence-electron chi connectivity index (χ1n) is 7.44. The molecule has 0 radical (unpaired) electrons. The Bertz CT molecular complexity index is 959. The number of ketones is 1. The summed E-state index contributed by atoms with van der Waals surface area (Å²) in [6.07, 6.45) is 3.88. The number of benzene rings is 2. The van der Waals surface area contributed by atoms with E-state index in [9.17, 15) is 18.0 Å². The molecule has 0 aliphatic carbocycles. The molecule has 3 aromatic rings. The summed E-state index contributed by atoms with van der Waals surface area (Å²) in [5.74, 6) is -2.16. The third-order valence-electron chi connectivity index (χ3n) is 3.72. The molecule has 1 aromatic heterocycles. The van der Waals surface area contributed by atoms with Crippen molar-refractivity contribution in [1.82, 2.24) is 9.78 Å². The van der Waals surface area contributed by atoms with Gasteiger partial charge in [0.1, 0.15) is 17.5 Å². The molecular formula is C19H13F3N2O. The third kappa shape index (κ3) is 3.52. The molecule has 6 heteroatoms. The summed E-state index contributed by atoms with van der Waals surface area (Å²) in [5, 5.41) is 4.14. The zero-order valence-corrected chi connectivity index (χ0v) is 13.2. The van der Waals surface area contributed by atoms with Gasteiger partial charge in [0.05, 0.1) is 23.1 Å². The van der Waals surface area contributed by atoms with E-state index >= 15 is 0 Å². The average molecular weight is 342 g/mol. The van der Waals surface area contributed by atoms with Gasteiger partial charge in [-0.1, -0.05) is 0 Å². The van der Waals surface area contributed by atoms with Crippen LogP contribution in [-0.2, 0) is 0 Å². The van der Waals surface area contributed by atoms with Gasteiger partial charge in [-0.2, -0.15) is 5.10 Å². The van der Waals surface area contributed by atoms with Crippen molar-refractivity contribution in [2.24, 2.45) is 0 Å². The molecule has 0 unspecified atom stereocenters. The highest BCUT2D eigenvalue weighted by Gasteiger charge is 2.13. The van der Waals surface area contributed by atoms with Crippen LogP contribution >= 0.6 is 0 Å². The molecule has 0 saturated carbocycles. The standard InChI is InChI=1S/C19H13F3N2O/c1-12-17(11-23-24(12)16-7-5-14(20)6-8-16)19(25)9-3-13-2-4-15(21)10-18(13)22/h2-11H,1H3/b9-3+. The van der Waals surface area contributed by atoms with Crippen LogP contribution in [0, 0.1) is 24.4 Å². The van der Waals surface area contributed by atoms with Gasteiger partial charge in [-0.3, -0.25) is 4.79 Å². The summed E-state index contributed by atoms with van der Waals surface area (Å²) in [6, 6.07) is 8.82. The van der Waals surface area contributed by atoms with E-state index in [2.05, 4.69) is 5.10 Å². The quantitative estimate of drug-likeness (QED) is 0.517. The Hall–Kier alpha value is -3.15. The van der Waals surface area contributed by atoms with Gasteiger partial charge >= 0.3 is 0 Å². The third-order valence-corrected chi connectivity index (χ3v) is 3.72.